The van der Waals surface area contributed by atoms with E-state index < -0.39 is 0 Å². The van der Waals surface area contributed by atoms with Gasteiger partial charge < -0.3 is 5.32 Å². The van der Waals surface area contributed by atoms with Crippen LogP contribution in [0.4, 0.5) is 5.82 Å². The summed E-state index contributed by atoms with van der Waals surface area (Å²) in [5.41, 5.74) is 2.17. The molecule has 27 heavy (non-hydrogen) atoms. The first-order valence-corrected chi connectivity index (χ1v) is 10.4. The SMILES string of the molecule is CCCCc1ccc(-n2nnnc2SCC(=O)Nc2ccc(Br)cn2)cc1. The summed E-state index contributed by atoms with van der Waals surface area (Å²) < 4.78 is 2.49. The molecule has 1 amide bonds. The molecule has 140 valence electrons. The second-order valence-electron chi connectivity index (χ2n) is 5.84. The number of carbonyl (C=O) groups excluding carboxylic acids is 1. The van der Waals surface area contributed by atoms with Gasteiger partial charge >= 0.3 is 0 Å². The highest BCUT2D eigenvalue weighted by molar-refractivity contribution is 9.10. The monoisotopic (exact) mass is 446 g/mol. The smallest absolute Gasteiger partial charge is 0.236 e. The van der Waals surface area contributed by atoms with Gasteiger partial charge in [-0.25, -0.2) is 4.98 Å². The van der Waals surface area contributed by atoms with Gasteiger partial charge in [-0.1, -0.05) is 37.2 Å². The number of aryl methyl sites for hydroxylation is 1. The second kappa shape index (κ2) is 9.61. The maximum absolute atomic E-state index is 12.1. The first-order valence-electron chi connectivity index (χ1n) is 8.57. The summed E-state index contributed by atoms with van der Waals surface area (Å²) in [6.07, 6.45) is 5.05. The fourth-order valence-corrected chi connectivity index (χ4v) is 3.30. The highest BCUT2D eigenvalue weighted by Gasteiger charge is 2.12. The summed E-state index contributed by atoms with van der Waals surface area (Å²) in [5.74, 6) is 0.525. The van der Waals surface area contributed by atoms with E-state index in [9.17, 15) is 4.79 Å². The highest BCUT2D eigenvalue weighted by atomic mass is 79.9. The number of carbonyl (C=O) groups is 1. The molecule has 0 aliphatic rings. The van der Waals surface area contributed by atoms with Gasteiger partial charge in [0.25, 0.3) is 0 Å². The summed E-state index contributed by atoms with van der Waals surface area (Å²) in [6.45, 7) is 2.18. The topological polar surface area (TPSA) is 85.6 Å². The standard InChI is InChI=1S/C18H19BrN6OS/c1-2-3-4-13-5-8-15(9-6-13)25-18(22-23-24-25)27-12-17(26)21-16-10-7-14(19)11-20-16/h5-11H,2-4,12H2,1H3,(H,20,21,26). The van der Waals surface area contributed by atoms with E-state index in [1.54, 1.807) is 16.9 Å². The van der Waals surface area contributed by atoms with E-state index in [4.69, 9.17) is 0 Å². The van der Waals surface area contributed by atoms with Crippen molar-refractivity contribution in [3.63, 3.8) is 0 Å². The van der Waals surface area contributed by atoms with Crippen LogP contribution in [0.2, 0.25) is 0 Å². The number of unbranched alkanes of at least 4 members (excludes halogenated alkanes) is 1. The Hall–Kier alpha value is -2.26. The van der Waals surface area contributed by atoms with Gasteiger partial charge in [-0.05, 0) is 69.0 Å². The molecule has 1 N–H and O–H groups in total. The summed E-state index contributed by atoms with van der Waals surface area (Å²) in [6, 6.07) is 11.7. The van der Waals surface area contributed by atoms with Crippen molar-refractivity contribution in [2.45, 2.75) is 31.3 Å². The number of thioether (sulfide) groups is 1. The quantitative estimate of drug-likeness (QED) is 0.528. The Labute approximate surface area is 170 Å². The van der Waals surface area contributed by atoms with Gasteiger partial charge in [-0.3, -0.25) is 4.79 Å². The molecule has 0 unspecified atom stereocenters. The summed E-state index contributed by atoms with van der Waals surface area (Å²) in [5, 5.41) is 15.1. The lowest BCUT2D eigenvalue weighted by molar-refractivity contribution is -0.113. The van der Waals surface area contributed by atoms with Crippen LogP contribution in [0.1, 0.15) is 25.3 Å². The third kappa shape index (κ3) is 5.61. The molecule has 0 bridgehead atoms. The lowest BCUT2D eigenvalue weighted by Gasteiger charge is -2.06. The van der Waals surface area contributed by atoms with Crippen LogP contribution in [-0.4, -0.2) is 36.9 Å². The minimum Gasteiger partial charge on any atom is -0.310 e. The number of benzene rings is 1. The van der Waals surface area contributed by atoms with Gasteiger partial charge in [0.05, 0.1) is 11.4 Å². The molecule has 0 atom stereocenters. The first kappa shape index (κ1) is 19.5. The van der Waals surface area contributed by atoms with E-state index in [2.05, 4.69) is 60.8 Å². The zero-order chi connectivity index (χ0) is 19.1. The van der Waals surface area contributed by atoms with Crippen molar-refractivity contribution in [3.8, 4) is 5.69 Å². The van der Waals surface area contributed by atoms with Crippen molar-refractivity contribution in [3.05, 3.63) is 52.6 Å². The Balaban J connectivity index is 1.59. The molecule has 2 aromatic heterocycles. The third-order valence-electron chi connectivity index (χ3n) is 3.77. The Morgan fingerprint density at radius 3 is 2.74 bits per heavy atom. The zero-order valence-electron chi connectivity index (χ0n) is 14.8. The molecule has 0 spiro atoms. The first-order chi connectivity index (χ1) is 13.2. The molecule has 1 aromatic carbocycles. The van der Waals surface area contributed by atoms with E-state index >= 15 is 0 Å². The van der Waals surface area contributed by atoms with Crippen molar-refractivity contribution >= 4 is 39.4 Å². The molecule has 0 aliphatic heterocycles. The molecule has 2 heterocycles. The van der Waals surface area contributed by atoms with Gasteiger partial charge in [-0.2, -0.15) is 4.68 Å². The summed E-state index contributed by atoms with van der Waals surface area (Å²) in [4.78, 5) is 16.2. The number of aromatic nitrogens is 5. The number of nitrogens with zero attached hydrogens (tertiary/aromatic N) is 5. The van der Waals surface area contributed by atoms with Crippen LogP contribution in [0.5, 0.6) is 0 Å². The number of hydrogen-bond donors (Lipinski definition) is 1. The van der Waals surface area contributed by atoms with Gasteiger partial charge in [0.15, 0.2) is 0 Å². The van der Waals surface area contributed by atoms with Crippen molar-refractivity contribution in [1.82, 2.24) is 25.2 Å². The van der Waals surface area contributed by atoms with Crippen LogP contribution >= 0.6 is 27.7 Å². The average molecular weight is 447 g/mol. The molecule has 9 heteroatoms. The summed E-state index contributed by atoms with van der Waals surface area (Å²) >= 11 is 4.59. The number of amides is 1. The van der Waals surface area contributed by atoms with Gasteiger partial charge in [0, 0.05) is 10.7 Å². The fraction of sp³-hybridized carbons (Fsp3) is 0.278. The normalized spacial score (nSPS) is 10.7. The van der Waals surface area contributed by atoms with Gasteiger partial charge in [0.2, 0.25) is 11.1 Å². The van der Waals surface area contributed by atoms with Crippen LogP contribution in [0.15, 0.2) is 52.2 Å². The van der Waals surface area contributed by atoms with Crippen molar-refractivity contribution < 1.29 is 4.79 Å². The minimum atomic E-state index is -0.167. The van der Waals surface area contributed by atoms with Crippen LogP contribution < -0.4 is 5.32 Å². The average Bonchev–Trinajstić information content (AvgIpc) is 3.15. The molecule has 0 fully saturated rings. The molecular weight excluding hydrogens is 428 g/mol. The molecule has 0 saturated carbocycles. The Morgan fingerprint density at radius 1 is 1.22 bits per heavy atom. The number of tetrazole rings is 1. The van der Waals surface area contributed by atoms with Crippen molar-refractivity contribution in [2.75, 3.05) is 11.1 Å². The number of anilines is 1. The predicted molar refractivity (Wildman–Crippen MR) is 109 cm³/mol. The van der Waals surface area contributed by atoms with Crippen LogP contribution in [-0.2, 0) is 11.2 Å². The van der Waals surface area contributed by atoms with Crippen molar-refractivity contribution in [2.24, 2.45) is 0 Å². The zero-order valence-corrected chi connectivity index (χ0v) is 17.2. The largest absolute Gasteiger partial charge is 0.310 e. The van der Waals surface area contributed by atoms with E-state index in [1.807, 2.05) is 18.2 Å². The number of hydrogen-bond acceptors (Lipinski definition) is 6. The maximum atomic E-state index is 12.1. The minimum absolute atomic E-state index is 0.167. The molecule has 0 saturated heterocycles. The Bertz CT molecular complexity index is 882. The molecular formula is C18H19BrN6OS. The van der Waals surface area contributed by atoms with E-state index in [1.165, 1.54) is 30.2 Å². The lowest BCUT2D eigenvalue weighted by atomic mass is 10.1. The molecule has 7 nitrogen and oxygen atoms in total. The lowest BCUT2D eigenvalue weighted by Crippen LogP contribution is -2.15. The van der Waals surface area contributed by atoms with Crippen LogP contribution in [0.3, 0.4) is 0 Å². The Kier molecular flexibility index (Phi) is 6.94. The third-order valence-corrected chi connectivity index (χ3v) is 5.16. The predicted octanol–water partition coefficient (Wildman–Crippen LogP) is 3.89. The molecule has 3 rings (SSSR count). The van der Waals surface area contributed by atoms with Gasteiger partial charge in [0.1, 0.15) is 5.82 Å². The second-order valence-corrected chi connectivity index (χ2v) is 7.70. The van der Waals surface area contributed by atoms with E-state index in [0.717, 1.165) is 16.6 Å². The fourth-order valence-electron chi connectivity index (χ4n) is 2.37. The Morgan fingerprint density at radius 2 is 2.04 bits per heavy atom. The number of pyridine rings is 1. The summed E-state index contributed by atoms with van der Waals surface area (Å²) in [7, 11) is 0. The highest BCUT2D eigenvalue weighted by Crippen LogP contribution is 2.19. The number of rotatable bonds is 8. The molecule has 0 aliphatic carbocycles. The molecule has 0 radical (unpaired) electrons. The molecule has 3 aromatic rings. The number of halogens is 1. The maximum Gasteiger partial charge on any atom is 0.236 e. The van der Waals surface area contributed by atoms with Gasteiger partial charge in [-0.15, -0.1) is 5.10 Å². The van der Waals surface area contributed by atoms with Crippen molar-refractivity contribution in [1.29, 1.82) is 0 Å². The van der Waals surface area contributed by atoms with Crippen LogP contribution in [0, 0.1) is 0 Å². The van der Waals surface area contributed by atoms with Crippen LogP contribution in [0.25, 0.3) is 5.69 Å². The van der Waals surface area contributed by atoms with E-state index in [-0.39, 0.29) is 11.7 Å². The van der Waals surface area contributed by atoms with E-state index in [0.29, 0.717) is 11.0 Å². The number of nitrogens with one attached hydrogen (secondary N) is 1.